The van der Waals surface area contributed by atoms with Crippen LogP contribution in [0.3, 0.4) is 0 Å². The molecule has 0 aromatic carbocycles. The van der Waals surface area contributed by atoms with Gasteiger partial charge in [-0.05, 0) is 77.0 Å². The summed E-state index contributed by atoms with van der Waals surface area (Å²) in [7, 11) is 0. The number of aliphatic hydroxyl groups excluding tert-OH is 2. The van der Waals surface area contributed by atoms with E-state index in [1.165, 1.54) is 283 Å². The lowest BCUT2D eigenvalue weighted by molar-refractivity contribution is -0.143. The molecule has 0 radical (unpaired) electrons. The number of carbonyl (C=O) groups is 2. The summed E-state index contributed by atoms with van der Waals surface area (Å²) in [4.78, 5) is 24.6. The largest absolute Gasteiger partial charge is 0.465 e. The number of ether oxygens (including phenoxy) is 1. The molecule has 1 amide bonds. The van der Waals surface area contributed by atoms with E-state index in [1.54, 1.807) is 0 Å². The normalized spacial score (nSPS) is 12.8. The zero-order chi connectivity index (χ0) is 56.4. The molecule has 2 atom stereocenters. The zero-order valence-electron chi connectivity index (χ0n) is 52.4. The van der Waals surface area contributed by atoms with Crippen molar-refractivity contribution in [3.05, 3.63) is 48.6 Å². The van der Waals surface area contributed by atoms with E-state index in [1.807, 2.05) is 0 Å². The molecule has 0 aromatic rings. The molecule has 0 aliphatic carbocycles. The van der Waals surface area contributed by atoms with Crippen molar-refractivity contribution in [2.24, 2.45) is 0 Å². The lowest BCUT2D eigenvalue weighted by atomic mass is 10.0. The molecule has 0 rings (SSSR count). The van der Waals surface area contributed by atoms with Crippen LogP contribution < -0.4 is 5.32 Å². The minimum atomic E-state index is -0.670. The van der Waals surface area contributed by atoms with Crippen LogP contribution >= 0.6 is 0 Å². The molecule has 3 N–H and O–H groups in total. The second kappa shape index (κ2) is 67.3. The number of allylic oxidation sites excluding steroid dienone is 7. The minimum absolute atomic E-state index is 0.0366. The molecule has 0 bridgehead atoms. The summed E-state index contributed by atoms with van der Waals surface area (Å²) < 4.78 is 5.44. The van der Waals surface area contributed by atoms with Crippen molar-refractivity contribution >= 4 is 11.9 Å². The monoisotopic (exact) mass is 1090 g/mol. The fraction of sp³-hybridized carbons (Fsp3) is 0.861. The first-order chi connectivity index (χ1) is 38.5. The van der Waals surface area contributed by atoms with Crippen LogP contribution in [0.1, 0.15) is 373 Å². The van der Waals surface area contributed by atoms with Gasteiger partial charge in [-0.1, -0.05) is 332 Å². The first-order valence-corrected chi connectivity index (χ1v) is 34.9. The first kappa shape index (κ1) is 75.8. The summed E-state index contributed by atoms with van der Waals surface area (Å²) in [6.07, 6.45) is 87.3. The van der Waals surface area contributed by atoms with Crippen molar-refractivity contribution in [3.63, 3.8) is 0 Å². The molecule has 458 valence electrons. The molecule has 0 heterocycles. The number of hydrogen-bond donors (Lipinski definition) is 3. The Kier molecular flexibility index (Phi) is 65.4. The van der Waals surface area contributed by atoms with Crippen molar-refractivity contribution in [1.82, 2.24) is 5.32 Å². The molecule has 2 unspecified atom stereocenters. The Bertz CT molecular complexity index is 1310. The van der Waals surface area contributed by atoms with Gasteiger partial charge in [0.15, 0.2) is 0 Å². The highest BCUT2D eigenvalue weighted by atomic mass is 16.5. The second-order valence-electron chi connectivity index (χ2n) is 23.9. The summed E-state index contributed by atoms with van der Waals surface area (Å²) in [5, 5.41) is 23.4. The SMILES string of the molecule is CCCCC/C=C\C/C=C\CCCCCCCCCCCC(=O)OCC/C=C\C/C=C\CCCCCCCCCCCCCCCCC(=O)NC(CO)C(O)CCCCCCCCCCCCCCCCCCCCCCC. The van der Waals surface area contributed by atoms with Crippen LogP contribution in [-0.2, 0) is 14.3 Å². The third-order valence-corrected chi connectivity index (χ3v) is 16.1. The minimum Gasteiger partial charge on any atom is -0.465 e. The third kappa shape index (κ3) is 63.0. The fourth-order valence-electron chi connectivity index (χ4n) is 10.8. The highest BCUT2D eigenvalue weighted by Gasteiger charge is 2.20. The zero-order valence-corrected chi connectivity index (χ0v) is 52.4. The Morgan fingerprint density at radius 3 is 1.00 bits per heavy atom. The van der Waals surface area contributed by atoms with Gasteiger partial charge in [0.25, 0.3) is 0 Å². The maximum atomic E-state index is 12.5. The summed E-state index contributed by atoms with van der Waals surface area (Å²) >= 11 is 0. The molecular weight excluding hydrogens is 959 g/mol. The van der Waals surface area contributed by atoms with E-state index in [4.69, 9.17) is 4.74 Å². The smallest absolute Gasteiger partial charge is 0.305 e. The molecule has 0 saturated heterocycles. The Labute approximate surface area is 486 Å². The maximum absolute atomic E-state index is 12.5. The number of aliphatic hydroxyl groups is 2. The summed E-state index contributed by atoms with van der Waals surface area (Å²) in [5.41, 5.74) is 0. The molecule has 0 aliphatic rings. The maximum Gasteiger partial charge on any atom is 0.305 e. The van der Waals surface area contributed by atoms with Gasteiger partial charge in [-0.25, -0.2) is 0 Å². The average molecular weight is 1090 g/mol. The molecule has 78 heavy (non-hydrogen) atoms. The summed E-state index contributed by atoms with van der Waals surface area (Å²) in [6, 6.07) is -0.548. The van der Waals surface area contributed by atoms with Crippen molar-refractivity contribution in [2.75, 3.05) is 13.2 Å². The summed E-state index contributed by atoms with van der Waals surface area (Å²) in [5.74, 6) is -0.0751. The van der Waals surface area contributed by atoms with Crippen molar-refractivity contribution in [2.45, 2.75) is 386 Å². The van der Waals surface area contributed by atoms with Crippen LogP contribution in [0.5, 0.6) is 0 Å². The van der Waals surface area contributed by atoms with Crippen LogP contribution in [0.2, 0.25) is 0 Å². The lowest BCUT2D eigenvalue weighted by Gasteiger charge is -2.22. The summed E-state index contributed by atoms with van der Waals surface area (Å²) in [6.45, 7) is 4.85. The van der Waals surface area contributed by atoms with Crippen molar-refractivity contribution in [1.29, 1.82) is 0 Å². The van der Waals surface area contributed by atoms with Crippen LogP contribution in [0.25, 0.3) is 0 Å². The number of unbranched alkanes of at least 4 members (excludes halogenated alkanes) is 46. The fourth-order valence-corrected chi connectivity index (χ4v) is 10.8. The Hall–Kier alpha value is -2.18. The Morgan fingerprint density at radius 1 is 0.359 bits per heavy atom. The van der Waals surface area contributed by atoms with Gasteiger partial charge in [0.05, 0.1) is 25.4 Å². The number of carbonyl (C=O) groups excluding carboxylic acids is 2. The number of rotatable bonds is 65. The Morgan fingerprint density at radius 2 is 0.641 bits per heavy atom. The molecule has 0 aromatic heterocycles. The van der Waals surface area contributed by atoms with Crippen molar-refractivity contribution < 1.29 is 24.5 Å². The molecule has 0 fully saturated rings. The number of nitrogens with one attached hydrogen (secondary N) is 1. The molecule has 0 spiro atoms. The van der Waals surface area contributed by atoms with Gasteiger partial charge < -0.3 is 20.3 Å². The van der Waals surface area contributed by atoms with Gasteiger partial charge in [-0.2, -0.15) is 0 Å². The highest BCUT2D eigenvalue weighted by molar-refractivity contribution is 5.76. The van der Waals surface area contributed by atoms with E-state index in [2.05, 4.69) is 67.8 Å². The van der Waals surface area contributed by atoms with E-state index in [-0.39, 0.29) is 18.5 Å². The van der Waals surface area contributed by atoms with Gasteiger partial charge in [0.2, 0.25) is 5.91 Å². The highest BCUT2D eigenvalue weighted by Crippen LogP contribution is 2.18. The van der Waals surface area contributed by atoms with Crippen LogP contribution in [0.4, 0.5) is 0 Å². The van der Waals surface area contributed by atoms with Crippen molar-refractivity contribution in [3.8, 4) is 0 Å². The second-order valence-corrected chi connectivity index (χ2v) is 23.9. The van der Waals surface area contributed by atoms with E-state index >= 15 is 0 Å². The predicted molar refractivity (Wildman–Crippen MR) is 342 cm³/mol. The van der Waals surface area contributed by atoms with E-state index in [0.717, 1.165) is 57.8 Å². The molecule has 6 nitrogen and oxygen atoms in total. The van der Waals surface area contributed by atoms with E-state index < -0.39 is 12.1 Å². The van der Waals surface area contributed by atoms with E-state index in [9.17, 15) is 19.8 Å². The first-order valence-electron chi connectivity index (χ1n) is 34.9. The number of esters is 1. The van der Waals surface area contributed by atoms with Gasteiger partial charge in [-0.3, -0.25) is 9.59 Å². The van der Waals surface area contributed by atoms with E-state index in [0.29, 0.717) is 25.9 Å². The third-order valence-electron chi connectivity index (χ3n) is 16.1. The standard InChI is InChI=1S/C72H135NO5/c1-3-5-7-9-11-13-15-17-19-21-23-25-29-32-36-40-44-48-52-56-60-64-70(75)69(68-74)73-71(76)65-61-57-53-49-45-41-37-33-30-26-24-27-31-35-39-43-47-51-55-59-63-67-78-72(77)66-62-58-54-50-46-42-38-34-28-22-20-18-16-14-12-10-8-6-4-2/h12,14,18,20,43,47,55,59,69-70,74-75H,3-11,13,15-17,19,21-42,44-46,48-54,56-58,60-68H2,1-2H3,(H,73,76)/b14-12-,20-18-,47-43-,59-55-. The topological polar surface area (TPSA) is 95.9 Å². The van der Waals surface area contributed by atoms with Gasteiger partial charge in [-0.15, -0.1) is 0 Å². The quantitative estimate of drug-likeness (QED) is 0.0320. The molecule has 6 heteroatoms. The lowest BCUT2D eigenvalue weighted by Crippen LogP contribution is -2.45. The van der Waals surface area contributed by atoms with Crippen LogP contribution in [0, 0.1) is 0 Å². The molecular formula is C72H135NO5. The number of amides is 1. The van der Waals surface area contributed by atoms with Gasteiger partial charge in [0, 0.05) is 12.8 Å². The van der Waals surface area contributed by atoms with Crippen LogP contribution in [-0.4, -0.2) is 47.4 Å². The predicted octanol–water partition coefficient (Wildman–Crippen LogP) is 22.5. The van der Waals surface area contributed by atoms with Gasteiger partial charge >= 0.3 is 5.97 Å². The van der Waals surface area contributed by atoms with Crippen LogP contribution in [0.15, 0.2) is 48.6 Å². The molecule has 0 aliphatic heterocycles. The average Bonchev–Trinajstić information content (AvgIpc) is 3.44. The Balaban J connectivity index is 3.44. The van der Waals surface area contributed by atoms with Gasteiger partial charge in [0.1, 0.15) is 0 Å². The number of hydrogen-bond acceptors (Lipinski definition) is 5. The molecule has 0 saturated carbocycles.